The molecule has 0 fully saturated rings. The molecule has 0 aliphatic carbocycles. The van der Waals surface area contributed by atoms with Gasteiger partial charge in [0.25, 0.3) is 21.4 Å². The summed E-state index contributed by atoms with van der Waals surface area (Å²) in [7, 11) is -4.26. The maximum absolute atomic E-state index is 12.8. The molecule has 1 heterocycles. The van der Waals surface area contributed by atoms with E-state index in [0.717, 1.165) is 18.2 Å². The summed E-state index contributed by atoms with van der Waals surface area (Å²) in [6, 6.07) is 8.28. The Morgan fingerprint density at radius 3 is 2.28 bits per heavy atom. The van der Waals surface area contributed by atoms with Gasteiger partial charge in [-0.3, -0.25) is 20.2 Å². The average Bonchev–Trinajstić information content (AvgIpc) is 2.92. The molecule has 25 heavy (non-hydrogen) atoms. The van der Waals surface area contributed by atoms with Crippen LogP contribution in [0.1, 0.15) is 5.69 Å². The number of hydrogen-bond donors (Lipinski definition) is 0. The minimum atomic E-state index is -4.26. The maximum atomic E-state index is 12.8. The van der Waals surface area contributed by atoms with Crippen molar-refractivity contribution in [2.45, 2.75) is 11.8 Å². The van der Waals surface area contributed by atoms with Crippen molar-refractivity contribution in [3.05, 3.63) is 68.4 Å². The van der Waals surface area contributed by atoms with E-state index in [9.17, 15) is 28.6 Å². The first kappa shape index (κ1) is 16.5. The van der Waals surface area contributed by atoms with Crippen LogP contribution in [0, 0.1) is 27.2 Å². The Morgan fingerprint density at radius 2 is 1.64 bits per heavy atom. The molecule has 3 aromatic rings. The fraction of sp³-hybridized carbons (Fsp3) is 0.0714. The number of fused-ring (bicyclic) bond motifs is 1. The lowest BCUT2D eigenvalue weighted by Crippen LogP contribution is -2.15. The van der Waals surface area contributed by atoms with Gasteiger partial charge in [0.2, 0.25) is 0 Å². The molecule has 11 heteroatoms. The SMILES string of the molecule is Cc1nn(S(=O)(=O)c2cccc([N+](=O)[O-])c2)c2cc([N+](=O)[O-])ccc12. The number of nitro groups is 2. The number of rotatable bonds is 4. The average molecular weight is 362 g/mol. The third kappa shape index (κ3) is 2.70. The molecule has 0 aliphatic rings. The molecule has 0 saturated carbocycles. The molecule has 0 bridgehead atoms. The second kappa shape index (κ2) is 5.63. The fourth-order valence-electron chi connectivity index (χ4n) is 2.38. The standard InChI is InChI=1S/C14H10N4O6S/c1-9-13-6-5-11(18(21)22)8-14(13)16(15-9)25(23,24)12-4-2-3-10(7-12)17(19)20/h2-8H,1H3. The number of benzene rings is 2. The fourth-order valence-corrected chi connectivity index (χ4v) is 3.74. The van der Waals surface area contributed by atoms with Crippen LogP contribution in [-0.4, -0.2) is 27.5 Å². The Bertz CT molecular complexity index is 1140. The molecule has 0 N–H and O–H groups in total. The van der Waals surface area contributed by atoms with Gasteiger partial charge in [-0.25, -0.2) is 0 Å². The van der Waals surface area contributed by atoms with Crippen molar-refractivity contribution in [2.75, 3.05) is 0 Å². The van der Waals surface area contributed by atoms with Gasteiger partial charge in [0.1, 0.15) is 0 Å². The van der Waals surface area contributed by atoms with Gasteiger partial charge in [-0.2, -0.15) is 17.6 Å². The largest absolute Gasteiger partial charge is 0.283 e. The van der Waals surface area contributed by atoms with Crippen LogP contribution < -0.4 is 0 Å². The van der Waals surface area contributed by atoms with Gasteiger partial charge >= 0.3 is 0 Å². The molecule has 2 aromatic carbocycles. The smallest absolute Gasteiger partial charge is 0.258 e. The van der Waals surface area contributed by atoms with Crippen LogP contribution in [0.5, 0.6) is 0 Å². The predicted molar refractivity (Wildman–Crippen MR) is 86.8 cm³/mol. The summed E-state index contributed by atoms with van der Waals surface area (Å²) in [6.45, 7) is 1.56. The molecular formula is C14H10N4O6S. The summed E-state index contributed by atoms with van der Waals surface area (Å²) in [5.74, 6) is 0. The van der Waals surface area contributed by atoms with E-state index in [-0.39, 0.29) is 21.8 Å². The summed E-state index contributed by atoms with van der Waals surface area (Å²) in [4.78, 5) is 20.1. The minimum absolute atomic E-state index is 0.0261. The molecule has 0 atom stereocenters. The lowest BCUT2D eigenvalue weighted by molar-refractivity contribution is -0.385. The predicted octanol–water partition coefficient (Wildman–Crippen LogP) is 2.40. The highest BCUT2D eigenvalue weighted by molar-refractivity contribution is 7.90. The molecular weight excluding hydrogens is 352 g/mol. The molecule has 0 saturated heterocycles. The van der Waals surface area contributed by atoms with E-state index in [1.807, 2.05) is 0 Å². The third-order valence-corrected chi connectivity index (χ3v) is 5.17. The zero-order chi connectivity index (χ0) is 18.4. The first-order valence-electron chi connectivity index (χ1n) is 6.85. The molecule has 0 aliphatic heterocycles. The lowest BCUT2D eigenvalue weighted by Gasteiger charge is -2.05. The number of hydrogen-bond acceptors (Lipinski definition) is 7. The number of aromatic nitrogens is 2. The highest BCUT2D eigenvalue weighted by atomic mass is 32.2. The van der Waals surface area contributed by atoms with Gasteiger partial charge in [0, 0.05) is 29.7 Å². The van der Waals surface area contributed by atoms with Gasteiger partial charge in [-0.15, -0.1) is 0 Å². The quantitative estimate of drug-likeness (QED) is 0.513. The van der Waals surface area contributed by atoms with E-state index >= 15 is 0 Å². The summed E-state index contributed by atoms with van der Waals surface area (Å²) >= 11 is 0. The van der Waals surface area contributed by atoms with Crippen LogP contribution in [0.2, 0.25) is 0 Å². The zero-order valence-corrected chi connectivity index (χ0v) is 13.5. The Labute approximate surface area is 140 Å². The number of non-ortho nitro benzene ring substituents is 2. The molecule has 0 unspecified atom stereocenters. The minimum Gasteiger partial charge on any atom is -0.258 e. The Kier molecular flexibility index (Phi) is 3.72. The zero-order valence-electron chi connectivity index (χ0n) is 12.7. The molecule has 0 spiro atoms. The van der Waals surface area contributed by atoms with Gasteiger partial charge in [-0.05, 0) is 19.1 Å². The van der Waals surface area contributed by atoms with Gasteiger partial charge in [0.15, 0.2) is 0 Å². The van der Waals surface area contributed by atoms with E-state index in [1.54, 1.807) is 6.92 Å². The van der Waals surface area contributed by atoms with E-state index in [4.69, 9.17) is 0 Å². The highest BCUT2D eigenvalue weighted by Gasteiger charge is 2.25. The van der Waals surface area contributed by atoms with Crippen molar-refractivity contribution in [3.63, 3.8) is 0 Å². The Morgan fingerprint density at radius 1 is 1.00 bits per heavy atom. The molecule has 0 amide bonds. The molecule has 128 valence electrons. The lowest BCUT2D eigenvalue weighted by atomic mass is 10.2. The van der Waals surface area contributed by atoms with Crippen molar-refractivity contribution in [3.8, 4) is 0 Å². The number of nitrogens with zero attached hydrogens (tertiary/aromatic N) is 4. The van der Waals surface area contributed by atoms with E-state index in [0.29, 0.717) is 15.2 Å². The van der Waals surface area contributed by atoms with Crippen molar-refractivity contribution < 1.29 is 18.3 Å². The van der Waals surface area contributed by atoms with Crippen LogP contribution in [0.15, 0.2) is 47.4 Å². The second-order valence-electron chi connectivity index (χ2n) is 5.15. The maximum Gasteiger partial charge on any atom is 0.283 e. The van der Waals surface area contributed by atoms with E-state index < -0.39 is 19.9 Å². The van der Waals surface area contributed by atoms with Gasteiger partial charge in [-0.1, -0.05) is 6.07 Å². The monoisotopic (exact) mass is 362 g/mol. The second-order valence-corrected chi connectivity index (χ2v) is 6.91. The van der Waals surface area contributed by atoms with Crippen molar-refractivity contribution in [1.29, 1.82) is 0 Å². The molecule has 1 aromatic heterocycles. The van der Waals surface area contributed by atoms with Crippen LogP contribution >= 0.6 is 0 Å². The molecule has 10 nitrogen and oxygen atoms in total. The van der Waals surface area contributed by atoms with Crippen LogP contribution in [0.3, 0.4) is 0 Å². The van der Waals surface area contributed by atoms with Crippen LogP contribution in [0.25, 0.3) is 10.9 Å². The number of aryl methyl sites for hydroxylation is 1. The van der Waals surface area contributed by atoms with Gasteiger partial charge in [0.05, 0.1) is 26.0 Å². The van der Waals surface area contributed by atoms with Crippen molar-refractivity contribution >= 4 is 32.3 Å². The van der Waals surface area contributed by atoms with Gasteiger partial charge < -0.3 is 0 Å². The highest BCUT2D eigenvalue weighted by Crippen LogP contribution is 2.27. The summed E-state index contributed by atoms with van der Waals surface area (Å²) < 4.78 is 26.3. The van der Waals surface area contributed by atoms with Crippen molar-refractivity contribution in [2.24, 2.45) is 0 Å². The topological polar surface area (TPSA) is 138 Å². The molecule has 0 radical (unpaired) electrons. The summed E-state index contributed by atoms with van der Waals surface area (Å²) in [5.41, 5.74) is -0.291. The Balaban J connectivity index is 2.27. The third-order valence-electron chi connectivity index (χ3n) is 3.58. The van der Waals surface area contributed by atoms with Crippen LogP contribution in [0.4, 0.5) is 11.4 Å². The van der Waals surface area contributed by atoms with Crippen molar-refractivity contribution in [1.82, 2.24) is 9.19 Å². The molecule has 3 rings (SSSR count). The number of nitro benzene ring substituents is 2. The Hall–Kier alpha value is -3.34. The summed E-state index contributed by atoms with van der Waals surface area (Å²) in [6.07, 6.45) is 0. The first-order chi connectivity index (χ1) is 11.7. The normalized spacial score (nSPS) is 11.6. The first-order valence-corrected chi connectivity index (χ1v) is 8.29. The van der Waals surface area contributed by atoms with E-state index in [2.05, 4.69) is 5.10 Å². The van der Waals surface area contributed by atoms with E-state index in [1.165, 1.54) is 24.3 Å². The van der Waals surface area contributed by atoms with Crippen LogP contribution in [-0.2, 0) is 10.0 Å². The summed E-state index contributed by atoms with van der Waals surface area (Å²) in [5, 5.41) is 26.2.